The molecule has 3 heteroatoms. The van der Waals surface area contributed by atoms with Crippen LogP contribution in [0.3, 0.4) is 0 Å². The number of hydrogen-bond donors (Lipinski definition) is 2. The molecule has 2 aliphatic rings. The molecule has 0 radical (unpaired) electrons. The van der Waals surface area contributed by atoms with Crippen molar-refractivity contribution in [2.75, 3.05) is 13.1 Å². The second kappa shape index (κ2) is 4.80. The van der Waals surface area contributed by atoms with Crippen LogP contribution in [0.4, 0.5) is 0 Å². The van der Waals surface area contributed by atoms with Crippen molar-refractivity contribution in [3.8, 4) is 5.75 Å². The summed E-state index contributed by atoms with van der Waals surface area (Å²) in [5.74, 6) is 1.93. The molecule has 1 aromatic rings. The van der Waals surface area contributed by atoms with Crippen LogP contribution in [0, 0.1) is 5.92 Å². The fourth-order valence-electron chi connectivity index (χ4n) is 2.86. The van der Waals surface area contributed by atoms with Gasteiger partial charge in [-0.1, -0.05) is 18.2 Å². The first-order valence-electron chi connectivity index (χ1n) is 7.33. The van der Waals surface area contributed by atoms with Crippen LogP contribution in [0.2, 0.25) is 0 Å². The second-order valence-electron chi connectivity index (χ2n) is 6.51. The molecular weight excluding hydrogens is 236 g/mol. The third-order valence-corrected chi connectivity index (χ3v) is 4.08. The minimum atomic E-state index is -0.0892. The monoisotopic (exact) mass is 260 g/mol. The first-order valence-corrected chi connectivity index (χ1v) is 7.33. The molecule has 1 aromatic carbocycles. The van der Waals surface area contributed by atoms with Gasteiger partial charge < -0.3 is 15.8 Å². The molecule has 3 N–H and O–H groups in total. The quantitative estimate of drug-likeness (QED) is 0.854. The van der Waals surface area contributed by atoms with Gasteiger partial charge in [-0.05, 0) is 44.7 Å². The van der Waals surface area contributed by atoms with Gasteiger partial charge >= 0.3 is 0 Å². The third-order valence-electron chi connectivity index (χ3n) is 4.08. The highest BCUT2D eigenvalue weighted by Crippen LogP contribution is 2.40. The Kier molecular flexibility index (Phi) is 3.27. The Hall–Kier alpha value is -1.06. The van der Waals surface area contributed by atoms with Gasteiger partial charge in [-0.3, -0.25) is 0 Å². The zero-order valence-electron chi connectivity index (χ0n) is 11.9. The maximum Gasteiger partial charge on any atom is 0.128 e. The average molecular weight is 260 g/mol. The lowest BCUT2D eigenvalue weighted by Gasteiger charge is -2.22. The van der Waals surface area contributed by atoms with E-state index >= 15 is 0 Å². The molecule has 0 amide bonds. The van der Waals surface area contributed by atoms with Gasteiger partial charge in [0.25, 0.3) is 0 Å². The highest BCUT2D eigenvalue weighted by molar-refractivity contribution is 5.47. The summed E-state index contributed by atoms with van der Waals surface area (Å²) in [6.45, 7) is 5.99. The molecular formula is C16H24N2O. The van der Waals surface area contributed by atoms with Crippen LogP contribution in [0.25, 0.3) is 0 Å². The number of nitrogens with two attached hydrogens (primary N) is 1. The summed E-state index contributed by atoms with van der Waals surface area (Å²) in [4.78, 5) is 0. The van der Waals surface area contributed by atoms with Crippen molar-refractivity contribution in [3.05, 3.63) is 29.3 Å². The highest BCUT2D eigenvalue weighted by Gasteiger charge is 2.33. The Morgan fingerprint density at radius 1 is 1.42 bits per heavy atom. The first kappa shape index (κ1) is 12.9. The van der Waals surface area contributed by atoms with Gasteiger partial charge in [0, 0.05) is 24.6 Å². The number of hydrogen-bond acceptors (Lipinski definition) is 3. The van der Waals surface area contributed by atoms with Crippen molar-refractivity contribution in [1.29, 1.82) is 0 Å². The molecule has 19 heavy (non-hydrogen) atoms. The first-order chi connectivity index (χ1) is 9.09. The largest absolute Gasteiger partial charge is 0.487 e. The van der Waals surface area contributed by atoms with Crippen LogP contribution in [0.15, 0.2) is 18.2 Å². The lowest BCUT2D eigenvalue weighted by atomic mass is 9.98. The molecule has 1 unspecified atom stereocenters. The van der Waals surface area contributed by atoms with Gasteiger partial charge in [0.2, 0.25) is 0 Å². The lowest BCUT2D eigenvalue weighted by molar-refractivity contribution is 0.136. The summed E-state index contributed by atoms with van der Waals surface area (Å²) < 4.78 is 6.14. The zero-order chi connectivity index (χ0) is 13.5. The van der Waals surface area contributed by atoms with Gasteiger partial charge in [-0.25, -0.2) is 0 Å². The van der Waals surface area contributed by atoms with E-state index in [2.05, 4.69) is 37.4 Å². The number of ether oxygens (including phenoxy) is 1. The number of para-hydroxylation sites is 1. The molecule has 3 nitrogen and oxygen atoms in total. The maximum atomic E-state index is 6.14. The van der Waals surface area contributed by atoms with E-state index in [1.165, 1.54) is 24.0 Å². The van der Waals surface area contributed by atoms with Crippen molar-refractivity contribution in [1.82, 2.24) is 5.32 Å². The summed E-state index contributed by atoms with van der Waals surface area (Å²) in [5.41, 5.74) is 8.41. The summed E-state index contributed by atoms with van der Waals surface area (Å²) in [5, 5.41) is 3.60. The van der Waals surface area contributed by atoms with E-state index in [1.54, 1.807) is 0 Å². The van der Waals surface area contributed by atoms with Gasteiger partial charge in [0.1, 0.15) is 11.4 Å². The lowest BCUT2D eigenvalue weighted by Crippen LogP contribution is -2.30. The third kappa shape index (κ3) is 2.77. The van der Waals surface area contributed by atoms with E-state index < -0.39 is 0 Å². The molecule has 1 fully saturated rings. The Balaban J connectivity index is 1.81. The van der Waals surface area contributed by atoms with E-state index in [9.17, 15) is 0 Å². The van der Waals surface area contributed by atoms with Crippen LogP contribution in [0.5, 0.6) is 5.75 Å². The smallest absolute Gasteiger partial charge is 0.128 e. The molecule has 3 rings (SSSR count). The average Bonchev–Trinajstić information content (AvgIpc) is 3.11. The summed E-state index contributed by atoms with van der Waals surface area (Å²) in [6.07, 6.45) is 3.71. The normalized spacial score (nSPS) is 21.8. The summed E-state index contributed by atoms with van der Waals surface area (Å²) in [6, 6.07) is 6.66. The minimum absolute atomic E-state index is 0.0892. The molecule has 1 atom stereocenters. The van der Waals surface area contributed by atoms with E-state index in [0.29, 0.717) is 6.54 Å². The van der Waals surface area contributed by atoms with Crippen molar-refractivity contribution >= 4 is 0 Å². The van der Waals surface area contributed by atoms with E-state index in [1.807, 2.05) is 0 Å². The van der Waals surface area contributed by atoms with E-state index in [4.69, 9.17) is 10.5 Å². The SMILES string of the molecule is CC1(C)Cc2cccc(C(CN)NCC3CC3)c2O1. The zero-order valence-corrected chi connectivity index (χ0v) is 11.9. The topological polar surface area (TPSA) is 47.3 Å². The standard InChI is InChI=1S/C16H24N2O/c1-16(2)8-12-4-3-5-13(15(12)19-16)14(9-17)18-10-11-6-7-11/h3-5,11,14,18H,6-10,17H2,1-2H3. The van der Waals surface area contributed by atoms with Crippen LogP contribution in [0.1, 0.15) is 43.9 Å². The fraction of sp³-hybridized carbons (Fsp3) is 0.625. The minimum Gasteiger partial charge on any atom is -0.487 e. The molecule has 1 heterocycles. The Bertz CT molecular complexity index is 466. The number of fused-ring (bicyclic) bond motifs is 1. The molecule has 0 bridgehead atoms. The van der Waals surface area contributed by atoms with Crippen molar-refractivity contribution in [2.45, 2.75) is 44.8 Å². The van der Waals surface area contributed by atoms with E-state index in [0.717, 1.165) is 24.6 Å². The molecule has 0 aromatic heterocycles. The molecule has 0 spiro atoms. The maximum absolute atomic E-state index is 6.14. The fourth-order valence-corrected chi connectivity index (χ4v) is 2.86. The number of nitrogens with one attached hydrogen (secondary N) is 1. The van der Waals surface area contributed by atoms with Crippen LogP contribution < -0.4 is 15.8 Å². The van der Waals surface area contributed by atoms with Crippen LogP contribution in [-0.2, 0) is 6.42 Å². The molecule has 1 aliphatic heterocycles. The van der Waals surface area contributed by atoms with Crippen molar-refractivity contribution in [3.63, 3.8) is 0 Å². The van der Waals surface area contributed by atoms with Gasteiger partial charge in [-0.2, -0.15) is 0 Å². The van der Waals surface area contributed by atoms with Crippen molar-refractivity contribution < 1.29 is 4.74 Å². The Morgan fingerprint density at radius 2 is 2.21 bits per heavy atom. The van der Waals surface area contributed by atoms with Crippen molar-refractivity contribution in [2.24, 2.45) is 11.7 Å². The van der Waals surface area contributed by atoms with E-state index in [-0.39, 0.29) is 11.6 Å². The highest BCUT2D eigenvalue weighted by atomic mass is 16.5. The Labute approximate surface area is 115 Å². The summed E-state index contributed by atoms with van der Waals surface area (Å²) in [7, 11) is 0. The molecule has 0 saturated heterocycles. The number of benzene rings is 1. The molecule has 1 aliphatic carbocycles. The predicted octanol–water partition coefficient (Wildman–Crippen LogP) is 2.40. The molecule has 1 saturated carbocycles. The molecule has 104 valence electrons. The second-order valence-corrected chi connectivity index (χ2v) is 6.51. The number of rotatable bonds is 5. The predicted molar refractivity (Wildman–Crippen MR) is 77.4 cm³/mol. The van der Waals surface area contributed by atoms with Crippen LogP contribution in [-0.4, -0.2) is 18.7 Å². The van der Waals surface area contributed by atoms with Crippen LogP contribution >= 0.6 is 0 Å². The summed E-state index contributed by atoms with van der Waals surface area (Å²) >= 11 is 0. The van der Waals surface area contributed by atoms with Gasteiger partial charge in [0.15, 0.2) is 0 Å². The van der Waals surface area contributed by atoms with Gasteiger partial charge in [-0.15, -0.1) is 0 Å². The van der Waals surface area contributed by atoms with Gasteiger partial charge in [0.05, 0.1) is 0 Å². The Morgan fingerprint density at radius 3 is 2.89 bits per heavy atom.